The first-order valence-corrected chi connectivity index (χ1v) is 11.9. The lowest BCUT2D eigenvalue weighted by Gasteiger charge is -2.30. The monoisotopic (exact) mass is 508 g/mol. The average Bonchev–Trinajstić information content (AvgIpc) is 3.42. The van der Waals surface area contributed by atoms with E-state index in [1.54, 1.807) is 80.3 Å². The molecule has 10 heteroatoms. The van der Waals surface area contributed by atoms with Crippen LogP contribution < -0.4 is 5.32 Å². The number of carbonyl (C=O) groups excluding carboxylic acids is 2. The Bertz CT molecular complexity index is 1250. The molecule has 0 aliphatic heterocycles. The van der Waals surface area contributed by atoms with Gasteiger partial charge in [-0.05, 0) is 75.2 Å². The van der Waals surface area contributed by atoms with Gasteiger partial charge in [-0.3, -0.25) is 4.79 Å². The van der Waals surface area contributed by atoms with Crippen LogP contribution in [0.1, 0.15) is 49.0 Å². The minimum absolute atomic E-state index is 0.0897. The number of hydrogen-bond acceptors (Lipinski definition) is 5. The van der Waals surface area contributed by atoms with E-state index in [1.165, 1.54) is 17.0 Å². The number of carbonyl (C=O) groups is 3. The van der Waals surface area contributed by atoms with Gasteiger partial charge in [-0.2, -0.15) is 5.10 Å². The molecule has 1 aliphatic carbocycles. The van der Waals surface area contributed by atoms with Crippen LogP contribution in [0.5, 0.6) is 0 Å². The predicted octanol–water partition coefficient (Wildman–Crippen LogP) is 3.99. The Labute approximate surface area is 213 Å². The lowest BCUT2D eigenvalue weighted by molar-refractivity contribution is -0.139. The number of aromatic nitrogens is 2. The van der Waals surface area contributed by atoms with Gasteiger partial charge < -0.3 is 20.1 Å². The fourth-order valence-corrected chi connectivity index (χ4v) is 4.07. The van der Waals surface area contributed by atoms with Gasteiger partial charge in [-0.25, -0.2) is 18.7 Å². The summed E-state index contributed by atoms with van der Waals surface area (Å²) in [5, 5.41) is 16.5. The zero-order valence-corrected chi connectivity index (χ0v) is 20.8. The van der Waals surface area contributed by atoms with Gasteiger partial charge in [0.1, 0.15) is 17.5 Å². The Kier molecular flexibility index (Phi) is 7.28. The number of benzene rings is 2. The van der Waals surface area contributed by atoms with Crippen molar-refractivity contribution in [3.8, 4) is 5.69 Å². The van der Waals surface area contributed by atoms with Crippen LogP contribution in [0.25, 0.3) is 5.69 Å². The molecule has 3 aromatic rings. The topological polar surface area (TPSA) is 114 Å². The molecule has 4 rings (SSSR count). The molecule has 2 amide bonds. The number of amides is 2. The highest BCUT2D eigenvalue weighted by atomic mass is 19.1. The number of aliphatic carboxylic acids is 1. The summed E-state index contributed by atoms with van der Waals surface area (Å²) in [5.41, 5.74) is 1.05. The zero-order chi connectivity index (χ0) is 26.7. The Hall–Kier alpha value is -4.21. The zero-order valence-electron chi connectivity index (χ0n) is 20.8. The van der Waals surface area contributed by atoms with E-state index in [2.05, 4.69) is 10.4 Å². The van der Waals surface area contributed by atoms with Crippen molar-refractivity contribution < 1.29 is 28.6 Å². The fraction of sp³-hybridized carbons (Fsp3) is 0.333. The summed E-state index contributed by atoms with van der Waals surface area (Å²) in [6, 6.07) is 12.6. The van der Waals surface area contributed by atoms with E-state index in [0.29, 0.717) is 6.42 Å². The van der Waals surface area contributed by atoms with Gasteiger partial charge in [0.2, 0.25) is 0 Å². The summed E-state index contributed by atoms with van der Waals surface area (Å²) < 4.78 is 20.5. The summed E-state index contributed by atoms with van der Waals surface area (Å²) >= 11 is 0. The number of ether oxygens (including phenoxy) is 1. The molecule has 9 nitrogen and oxygen atoms in total. The molecule has 1 fully saturated rings. The molecule has 2 aromatic carbocycles. The second kappa shape index (κ2) is 10.4. The van der Waals surface area contributed by atoms with Gasteiger partial charge in [0.25, 0.3) is 5.91 Å². The SMILES string of the molecule is CC(C)(C)OC(=O)N(C[C@H](NC(=O)c1ccc(-n2cccn2)cc1)C(=O)O)C1C[C@H]1c1ccc(F)cc1. The Morgan fingerprint density at radius 2 is 1.84 bits per heavy atom. The summed E-state index contributed by atoms with van der Waals surface area (Å²) in [7, 11) is 0. The molecule has 0 radical (unpaired) electrons. The maximum absolute atomic E-state index is 13.4. The maximum atomic E-state index is 13.4. The van der Waals surface area contributed by atoms with Crippen molar-refractivity contribution in [3.05, 3.63) is 83.9 Å². The molecule has 1 saturated carbocycles. The van der Waals surface area contributed by atoms with Crippen LogP contribution in [0.3, 0.4) is 0 Å². The van der Waals surface area contributed by atoms with E-state index in [0.717, 1.165) is 11.3 Å². The van der Waals surface area contributed by atoms with Crippen molar-refractivity contribution in [2.24, 2.45) is 0 Å². The molecule has 194 valence electrons. The average molecular weight is 509 g/mol. The van der Waals surface area contributed by atoms with E-state index in [1.807, 2.05) is 0 Å². The molecular formula is C27H29FN4O5. The highest BCUT2D eigenvalue weighted by Crippen LogP contribution is 2.45. The van der Waals surface area contributed by atoms with Crippen molar-refractivity contribution in [1.29, 1.82) is 0 Å². The fourth-order valence-electron chi connectivity index (χ4n) is 4.07. The molecule has 0 bridgehead atoms. The number of nitrogens with one attached hydrogen (secondary N) is 1. The normalized spacial score (nSPS) is 17.5. The van der Waals surface area contributed by atoms with Crippen molar-refractivity contribution >= 4 is 18.0 Å². The number of rotatable bonds is 8. The summed E-state index contributed by atoms with van der Waals surface area (Å²) in [5.74, 6) is -2.33. The van der Waals surface area contributed by atoms with Crippen LogP contribution in [0.15, 0.2) is 67.0 Å². The molecule has 2 N–H and O–H groups in total. The van der Waals surface area contributed by atoms with Gasteiger partial charge in [0.15, 0.2) is 0 Å². The van der Waals surface area contributed by atoms with Gasteiger partial charge in [0, 0.05) is 29.9 Å². The Morgan fingerprint density at radius 1 is 1.16 bits per heavy atom. The Balaban J connectivity index is 1.49. The maximum Gasteiger partial charge on any atom is 0.410 e. The first-order chi connectivity index (χ1) is 17.5. The number of hydrogen-bond donors (Lipinski definition) is 2. The van der Waals surface area contributed by atoms with Crippen LogP contribution in [0.2, 0.25) is 0 Å². The van der Waals surface area contributed by atoms with Gasteiger partial charge in [-0.15, -0.1) is 0 Å². The lowest BCUT2D eigenvalue weighted by Crippen LogP contribution is -2.51. The number of halogens is 1. The third-order valence-electron chi connectivity index (χ3n) is 5.96. The van der Waals surface area contributed by atoms with Crippen LogP contribution in [0, 0.1) is 5.82 Å². The predicted molar refractivity (Wildman–Crippen MR) is 133 cm³/mol. The molecule has 1 aromatic heterocycles. The molecule has 1 unspecified atom stereocenters. The highest BCUT2D eigenvalue weighted by molar-refractivity contribution is 5.96. The molecular weight excluding hydrogens is 479 g/mol. The third-order valence-corrected chi connectivity index (χ3v) is 5.96. The Morgan fingerprint density at radius 3 is 2.41 bits per heavy atom. The summed E-state index contributed by atoms with van der Waals surface area (Å²) in [6.45, 7) is 4.87. The number of carboxylic acid groups (broad SMARTS) is 1. The molecule has 0 spiro atoms. The van der Waals surface area contributed by atoms with Crippen molar-refractivity contribution in [2.75, 3.05) is 6.54 Å². The number of carboxylic acids is 1. The van der Waals surface area contributed by atoms with Crippen LogP contribution in [-0.4, -0.2) is 62.0 Å². The van der Waals surface area contributed by atoms with Crippen LogP contribution in [0.4, 0.5) is 9.18 Å². The van der Waals surface area contributed by atoms with Gasteiger partial charge in [0.05, 0.1) is 12.2 Å². The van der Waals surface area contributed by atoms with Crippen LogP contribution in [-0.2, 0) is 9.53 Å². The van der Waals surface area contributed by atoms with Crippen molar-refractivity contribution in [2.45, 2.75) is 50.8 Å². The standard InChI is InChI=1S/C27H29FN4O5/c1-27(2,3)37-26(36)31(23-15-21(23)17-5-9-19(28)10-6-17)16-22(25(34)35)30-24(33)18-7-11-20(12-8-18)32-14-4-13-29-32/h4-14,21-23H,15-16H2,1-3H3,(H,30,33)(H,34,35)/t21-,22-,23?/m0/s1. The second-order valence-corrected chi connectivity index (χ2v) is 9.96. The van der Waals surface area contributed by atoms with Crippen molar-refractivity contribution in [1.82, 2.24) is 20.0 Å². The second-order valence-electron chi connectivity index (χ2n) is 9.96. The molecule has 3 atom stereocenters. The first-order valence-electron chi connectivity index (χ1n) is 11.9. The third kappa shape index (κ3) is 6.52. The number of nitrogens with zero attached hydrogens (tertiary/aromatic N) is 3. The summed E-state index contributed by atoms with van der Waals surface area (Å²) in [6.07, 6.45) is 3.29. The molecule has 1 aliphatic rings. The van der Waals surface area contributed by atoms with E-state index >= 15 is 0 Å². The van der Waals surface area contributed by atoms with E-state index in [-0.39, 0.29) is 29.9 Å². The largest absolute Gasteiger partial charge is 0.480 e. The lowest BCUT2D eigenvalue weighted by atomic mass is 10.1. The van der Waals surface area contributed by atoms with E-state index < -0.39 is 29.6 Å². The first kappa shape index (κ1) is 25.9. The molecule has 37 heavy (non-hydrogen) atoms. The molecule has 1 heterocycles. The molecule has 0 saturated heterocycles. The van der Waals surface area contributed by atoms with Crippen molar-refractivity contribution in [3.63, 3.8) is 0 Å². The van der Waals surface area contributed by atoms with E-state index in [9.17, 15) is 23.9 Å². The quantitative estimate of drug-likeness (QED) is 0.476. The van der Waals surface area contributed by atoms with Gasteiger partial charge >= 0.3 is 12.1 Å². The minimum Gasteiger partial charge on any atom is -0.480 e. The minimum atomic E-state index is -1.37. The van der Waals surface area contributed by atoms with E-state index in [4.69, 9.17) is 4.74 Å². The summed E-state index contributed by atoms with van der Waals surface area (Å²) in [4.78, 5) is 39.4. The van der Waals surface area contributed by atoms with Crippen LogP contribution >= 0.6 is 0 Å². The van der Waals surface area contributed by atoms with Gasteiger partial charge in [-0.1, -0.05) is 12.1 Å². The smallest absolute Gasteiger partial charge is 0.410 e. The highest BCUT2D eigenvalue weighted by Gasteiger charge is 2.47.